The van der Waals surface area contributed by atoms with Crippen LogP contribution in [0.15, 0.2) is 48.9 Å². The van der Waals surface area contributed by atoms with E-state index in [0.29, 0.717) is 50.9 Å². The molecule has 13 heteroatoms. The summed E-state index contributed by atoms with van der Waals surface area (Å²) in [5.74, 6) is 1.04. The van der Waals surface area contributed by atoms with Crippen molar-refractivity contribution in [3.05, 3.63) is 59.5 Å². The van der Waals surface area contributed by atoms with Crippen LogP contribution in [0.25, 0.3) is 11.0 Å². The van der Waals surface area contributed by atoms with Gasteiger partial charge in [0, 0.05) is 73.2 Å². The second-order valence-corrected chi connectivity index (χ2v) is 12.6. The first-order chi connectivity index (χ1) is 18.7. The molecule has 0 unspecified atom stereocenters. The molecule has 1 spiro atoms. The Hall–Kier alpha value is -3.74. The Kier molecular flexibility index (Phi) is 6.40. The first-order valence-corrected chi connectivity index (χ1v) is 14.8. The van der Waals surface area contributed by atoms with Gasteiger partial charge in [-0.2, -0.15) is 4.98 Å². The van der Waals surface area contributed by atoms with Gasteiger partial charge in [0.2, 0.25) is 5.95 Å². The van der Waals surface area contributed by atoms with Crippen molar-refractivity contribution < 1.29 is 13.2 Å². The molecule has 4 heterocycles. The number of anilines is 5. The monoisotopic (exact) mass is 566 g/mol. The average molecular weight is 567 g/mol. The molecule has 6 rings (SSSR count). The zero-order valence-corrected chi connectivity index (χ0v) is 23.0. The number of rotatable bonds is 8. The molecule has 202 valence electrons. The van der Waals surface area contributed by atoms with Crippen molar-refractivity contribution in [3.63, 3.8) is 0 Å². The Morgan fingerprint density at radius 1 is 1.08 bits per heavy atom. The van der Waals surface area contributed by atoms with E-state index in [4.69, 9.17) is 16.3 Å². The van der Waals surface area contributed by atoms with Gasteiger partial charge < -0.3 is 25.6 Å². The molecule has 2 aliphatic heterocycles. The molecule has 11 nitrogen and oxygen atoms in total. The fraction of sp³-hybridized carbons (Fsp3) is 0.308. The van der Waals surface area contributed by atoms with Crippen molar-refractivity contribution in [1.82, 2.24) is 25.3 Å². The van der Waals surface area contributed by atoms with E-state index in [-0.39, 0.29) is 10.8 Å². The summed E-state index contributed by atoms with van der Waals surface area (Å²) in [6.07, 6.45) is 5.74. The summed E-state index contributed by atoms with van der Waals surface area (Å²) in [4.78, 5) is 19.9. The predicted octanol–water partition coefficient (Wildman–Crippen LogP) is 3.52. The van der Waals surface area contributed by atoms with Crippen LogP contribution in [0.1, 0.15) is 5.56 Å². The lowest BCUT2D eigenvalue weighted by molar-refractivity contribution is 0.121. The molecule has 2 fully saturated rings. The number of nitrogens with one attached hydrogen (secondary N) is 3. The Bertz CT molecular complexity index is 1670. The standard InChI is InChI=1S/C26H27ClN8O3S/c1-38-22-9-16(35-14-26(15-35)12-28-13-26)3-4-20(22)33-25-31-10-18(27)24(34-25)32-19-5-6-21-23(30-8-7-29-21)17(19)11-39(2,36)37/h3-10,28H,11-15H2,1-2H3,(H2,31,32,33,34). The van der Waals surface area contributed by atoms with Crippen LogP contribution in [0, 0.1) is 5.41 Å². The maximum absolute atomic E-state index is 12.2. The fourth-order valence-electron chi connectivity index (χ4n) is 5.01. The van der Waals surface area contributed by atoms with E-state index in [2.05, 4.69) is 40.8 Å². The highest BCUT2D eigenvalue weighted by Gasteiger charge is 2.47. The molecule has 0 radical (unpaired) electrons. The summed E-state index contributed by atoms with van der Waals surface area (Å²) < 4.78 is 30.1. The van der Waals surface area contributed by atoms with Gasteiger partial charge in [0.05, 0.1) is 35.8 Å². The molecule has 2 aliphatic rings. The predicted molar refractivity (Wildman–Crippen MR) is 152 cm³/mol. The lowest BCUT2D eigenvalue weighted by Crippen LogP contribution is -2.71. The molecule has 0 aliphatic carbocycles. The molecule has 2 aromatic carbocycles. The first-order valence-electron chi connectivity index (χ1n) is 12.3. The number of aromatic nitrogens is 4. The Morgan fingerprint density at radius 3 is 2.56 bits per heavy atom. The lowest BCUT2D eigenvalue weighted by atomic mass is 9.74. The van der Waals surface area contributed by atoms with Gasteiger partial charge in [0.1, 0.15) is 10.8 Å². The van der Waals surface area contributed by atoms with Gasteiger partial charge in [-0.3, -0.25) is 9.97 Å². The zero-order chi connectivity index (χ0) is 27.2. The Balaban J connectivity index is 1.26. The second kappa shape index (κ2) is 9.78. The van der Waals surface area contributed by atoms with Gasteiger partial charge >= 0.3 is 0 Å². The van der Waals surface area contributed by atoms with E-state index in [0.717, 1.165) is 31.9 Å². The third-order valence-electron chi connectivity index (χ3n) is 7.00. The average Bonchev–Trinajstić information content (AvgIpc) is 2.85. The summed E-state index contributed by atoms with van der Waals surface area (Å²) in [6, 6.07) is 9.49. The van der Waals surface area contributed by atoms with Crippen molar-refractivity contribution in [2.75, 3.05) is 55.1 Å². The van der Waals surface area contributed by atoms with Gasteiger partial charge in [0.15, 0.2) is 15.7 Å². The van der Waals surface area contributed by atoms with Crippen LogP contribution < -0.4 is 25.6 Å². The van der Waals surface area contributed by atoms with E-state index in [1.165, 1.54) is 18.6 Å². The minimum Gasteiger partial charge on any atom is -0.494 e. The maximum Gasteiger partial charge on any atom is 0.229 e. The highest BCUT2D eigenvalue weighted by molar-refractivity contribution is 7.89. The van der Waals surface area contributed by atoms with E-state index < -0.39 is 9.84 Å². The van der Waals surface area contributed by atoms with Crippen LogP contribution in [-0.2, 0) is 15.6 Å². The molecular weight excluding hydrogens is 540 g/mol. The molecule has 2 aromatic heterocycles. The van der Waals surface area contributed by atoms with Gasteiger partial charge in [-0.05, 0) is 24.3 Å². The van der Waals surface area contributed by atoms with E-state index >= 15 is 0 Å². The lowest BCUT2D eigenvalue weighted by Gasteiger charge is -2.57. The highest BCUT2D eigenvalue weighted by Crippen LogP contribution is 2.40. The smallest absolute Gasteiger partial charge is 0.229 e. The third-order valence-corrected chi connectivity index (χ3v) is 8.09. The number of nitrogens with zero attached hydrogens (tertiary/aromatic N) is 5. The summed E-state index contributed by atoms with van der Waals surface area (Å²) >= 11 is 6.43. The van der Waals surface area contributed by atoms with Crippen molar-refractivity contribution in [1.29, 1.82) is 0 Å². The number of halogens is 1. The normalized spacial score (nSPS) is 16.0. The number of benzene rings is 2. The summed E-state index contributed by atoms with van der Waals surface area (Å²) in [7, 11) is -1.74. The van der Waals surface area contributed by atoms with Gasteiger partial charge in [-0.1, -0.05) is 11.6 Å². The number of methoxy groups -OCH3 is 1. The van der Waals surface area contributed by atoms with Crippen LogP contribution in [0.2, 0.25) is 5.02 Å². The molecule has 0 amide bonds. The van der Waals surface area contributed by atoms with Crippen molar-refractivity contribution in [2.45, 2.75) is 5.75 Å². The minimum atomic E-state index is -3.37. The fourth-order valence-corrected chi connectivity index (χ4v) is 5.97. The molecule has 39 heavy (non-hydrogen) atoms. The van der Waals surface area contributed by atoms with Crippen molar-refractivity contribution in [3.8, 4) is 5.75 Å². The molecule has 0 saturated carbocycles. The molecule has 3 N–H and O–H groups in total. The number of fused-ring (bicyclic) bond motifs is 1. The van der Waals surface area contributed by atoms with Crippen LogP contribution in [0.4, 0.5) is 28.8 Å². The zero-order valence-electron chi connectivity index (χ0n) is 21.4. The molecule has 0 atom stereocenters. The van der Waals surface area contributed by atoms with E-state index in [1.54, 1.807) is 25.4 Å². The van der Waals surface area contributed by atoms with Gasteiger partial charge in [-0.25, -0.2) is 13.4 Å². The van der Waals surface area contributed by atoms with Gasteiger partial charge in [0.25, 0.3) is 0 Å². The van der Waals surface area contributed by atoms with Crippen molar-refractivity contribution in [2.24, 2.45) is 5.41 Å². The second-order valence-electron chi connectivity index (χ2n) is 10.1. The maximum atomic E-state index is 12.2. The quantitative estimate of drug-likeness (QED) is 0.289. The van der Waals surface area contributed by atoms with Crippen molar-refractivity contribution >= 4 is 61.3 Å². The highest BCUT2D eigenvalue weighted by atomic mass is 35.5. The summed E-state index contributed by atoms with van der Waals surface area (Å²) in [6.45, 7) is 4.22. The number of hydrogen-bond donors (Lipinski definition) is 3. The first kappa shape index (κ1) is 25.5. The molecule has 2 saturated heterocycles. The van der Waals surface area contributed by atoms with Crippen LogP contribution in [0.5, 0.6) is 5.75 Å². The SMILES string of the molecule is COc1cc(N2CC3(CNC3)C2)ccc1Nc1ncc(Cl)c(Nc2ccc3nccnc3c2CS(C)(=O)=O)n1. The summed E-state index contributed by atoms with van der Waals surface area (Å²) in [5, 5.41) is 10.0. The Morgan fingerprint density at radius 2 is 1.85 bits per heavy atom. The Labute approximate surface area is 230 Å². The van der Waals surface area contributed by atoms with Crippen LogP contribution in [-0.4, -0.2) is 67.9 Å². The van der Waals surface area contributed by atoms with Crippen LogP contribution >= 0.6 is 11.6 Å². The number of hydrogen-bond acceptors (Lipinski definition) is 11. The topological polar surface area (TPSA) is 134 Å². The minimum absolute atomic E-state index is 0.225. The van der Waals surface area contributed by atoms with E-state index in [1.807, 2.05) is 18.2 Å². The molecule has 4 aromatic rings. The van der Waals surface area contributed by atoms with Gasteiger partial charge in [-0.15, -0.1) is 0 Å². The molecule has 0 bridgehead atoms. The van der Waals surface area contributed by atoms with E-state index in [9.17, 15) is 8.42 Å². The summed E-state index contributed by atoms with van der Waals surface area (Å²) in [5.41, 5.74) is 4.30. The third kappa shape index (κ3) is 5.14. The largest absolute Gasteiger partial charge is 0.494 e. The number of ether oxygens (including phenoxy) is 1. The molecular formula is C26H27ClN8O3S. The van der Waals surface area contributed by atoms with Crippen LogP contribution in [0.3, 0.4) is 0 Å². The number of sulfone groups is 1.